The molecule has 132 valence electrons. The molecule has 0 aliphatic carbocycles. The van der Waals surface area contributed by atoms with E-state index in [-0.39, 0.29) is 5.91 Å². The van der Waals surface area contributed by atoms with Gasteiger partial charge in [-0.25, -0.2) is 0 Å². The van der Waals surface area contributed by atoms with Gasteiger partial charge in [0.25, 0.3) is 5.91 Å². The van der Waals surface area contributed by atoms with Crippen molar-refractivity contribution in [2.45, 2.75) is 13.8 Å². The van der Waals surface area contributed by atoms with Crippen LogP contribution >= 0.6 is 11.6 Å². The number of nitrogens with zero attached hydrogens (tertiary/aromatic N) is 1. The van der Waals surface area contributed by atoms with E-state index in [0.717, 1.165) is 30.8 Å². The van der Waals surface area contributed by atoms with Gasteiger partial charge in [0.15, 0.2) is 0 Å². The van der Waals surface area contributed by atoms with Crippen LogP contribution in [-0.4, -0.2) is 37.0 Å². The summed E-state index contributed by atoms with van der Waals surface area (Å²) >= 11 is 5.98. The number of hydrogen-bond donors (Lipinski definition) is 1. The van der Waals surface area contributed by atoms with Gasteiger partial charge in [0.05, 0.1) is 0 Å². The summed E-state index contributed by atoms with van der Waals surface area (Å²) in [5.74, 6) is -0.0710. The van der Waals surface area contributed by atoms with E-state index in [1.54, 1.807) is 12.1 Å². The predicted molar refractivity (Wildman–Crippen MR) is 107 cm³/mol. The van der Waals surface area contributed by atoms with Crippen molar-refractivity contribution in [3.05, 3.63) is 70.7 Å². The van der Waals surface area contributed by atoms with Gasteiger partial charge in [0, 0.05) is 23.7 Å². The highest BCUT2D eigenvalue weighted by Gasteiger charge is 2.12. The summed E-state index contributed by atoms with van der Waals surface area (Å²) in [5.41, 5.74) is 2.49. The van der Waals surface area contributed by atoms with Gasteiger partial charge in [-0.05, 0) is 42.4 Å². The zero-order valence-corrected chi connectivity index (χ0v) is 15.6. The fraction of sp³-hybridized carbons (Fsp3) is 0.286. The topological polar surface area (TPSA) is 32.3 Å². The third-order valence-electron chi connectivity index (χ3n) is 4.12. The van der Waals surface area contributed by atoms with Crippen LogP contribution in [0.25, 0.3) is 11.6 Å². The lowest BCUT2D eigenvalue weighted by Crippen LogP contribution is -2.35. The summed E-state index contributed by atoms with van der Waals surface area (Å²) in [4.78, 5) is 15.0. The first kappa shape index (κ1) is 19.2. The fourth-order valence-electron chi connectivity index (χ4n) is 2.59. The second kappa shape index (κ2) is 10.0. The number of hydrogen-bond acceptors (Lipinski definition) is 2. The van der Waals surface area contributed by atoms with E-state index in [9.17, 15) is 4.79 Å². The number of carbonyl (C=O) groups excluding carboxylic acids is 1. The Hall–Kier alpha value is -2.10. The van der Waals surface area contributed by atoms with Crippen molar-refractivity contribution < 1.29 is 4.79 Å². The van der Waals surface area contributed by atoms with Crippen molar-refractivity contribution >= 4 is 29.2 Å². The lowest BCUT2D eigenvalue weighted by atomic mass is 10.0. The van der Waals surface area contributed by atoms with Gasteiger partial charge in [-0.2, -0.15) is 0 Å². The molecule has 0 saturated carbocycles. The minimum atomic E-state index is -0.0710. The maximum Gasteiger partial charge on any atom is 0.251 e. The number of halogens is 1. The van der Waals surface area contributed by atoms with Gasteiger partial charge < -0.3 is 10.2 Å². The number of nitrogens with one attached hydrogen (secondary N) is 1. The van der Waals surface area contributed by atoms with Crippen LogP contribution in [0.1, 0.15) is 25.0 Å². The van der Waals surface area contributed by atoms with Crippen molar-refractivity contribution in [1.82, 2.24) is 10.2 Å². The van der Waals surface area contributed by atoms with E-state index in [0.29, 0.717) is 17.1 Å². The van der Waals surface area contributed by atoms with Gasteiger partial charge in [0.2, 0.25) is 0 Å². The highest BCUT2D eigenvalue weighted by atomic mass is 35.5. The Morgan fingerprint density at radius 2 is 1.68 bits per heavy atom. The van der Waals surface area contributed by atoms with Crippen LogP contribution in [0, 0.1) is 0 Å². The highest BCUT2D eigenvalue weighted by molar-refractivity contribution is 6.31. The van der Waals surface area contributed by atoms with Crippen LogP contribution in [0.4, 0.5) is 0 Å². The molecule has 1 N–H and O–H groups in total. The van der Waals surface area contributed by atoms with E-state index < -0.39 is 0 Å². The van der Waals surface area contributed by atoms with E-state index in [1.165, 1.54) is 0 Å². The molecule has 1 amide bonds. The van der Waals surface area contributed by atoms with Crippen molar-refractivity contribution in [2.75, 3.05) is 26.2 Å². The number of amides is 1. The molecule has 2 rings (SSSR count). The molecule has 0 heterocycles. The molecule has 0 unspecified atom stereocenters. The third-order valence-corrected chi connectivity index (χ3v) is 4.37. The SMILES string of the molecule is CCN(CC)CCNC(=O)/C(=C/c1ccccc1)c1ccc(Cl)cc1. The van der Waals surface area contributed by atoms with Crippen LogP contribution < -0.4 is 5.32 Å². The number of benzene rings is 2. The fourth-order valence-corrected chi connectivity index (χ4v) is 2.71. The normalized spacial score (nSPS) is 11.6. The number of likely N-dealkylation sites (N-methyl/N-ethyl adjacent to an activating group) is 1. The maximum atomic E-state index is 12.8. The molecule has 0 saturated heterocycles. The van der Waals surface area contributed by atoms with Gasteiger partial charge in [-0.15, -0.1) is 0 Å². The Kier molecular flexibility index (Phi) is 7.71. The first-order chi connectivity index (χ1) is 12.1. The molecule has 2 aromatic carbocycles. The van der Waals surface area contributed by atoms with Crippen molar-refractivity contribution in [2.24, 2.45) is 0 Å². The molecule has 2 aromatic rings. The Balaban J connectivity index is 2.18. The second-order valence-electron chi connectivity index (χ2n) is 5.76. The van der Waals surface area contributed by atoms with Gasteiger partial charge in [0.1, 0.15) is 0 Å². The monoisotopic (exact) mass is 356 g/mol. The lowest BCUT2D eigenvalue weighted by molar-refractivity contribution is -0.115. The van der Waals surface area contributed by atoms with Gasteiger partial charge in [-0.3, -0.25) is 4.79 Å². The Morgan fingerprint density at radius 1 is 1.04 bits per heavy atom. The minimum Gasteiger partial charge on any atom is -0.351 e. The van der Waals surface area contributed by atoms with Gasteiger partial charge >= 0.3 is 0 Å². The standard InChI is InChI=1S/C21H25ClN2O/c1-3-24(4-2)15-14-23-21(25)20(16-17-8-6-5-7-9-17)18-10-12-19(22)13-11-18/h5-13,16H,3-4,14-15H2,1-2H3,(H,23,25)/b20-16+. The van der Waals surface area contributed by atoms with Crippen LogP contribution in [0.15, 0.2) is 54.6 Å². The molecule has 0 aliphatic heterocycles. The molecule has 3 nitrogen and oxygen atoms in total. The van der Waals surface area contributed by atoms with Crippen molar-refractivity contribution in [3.63, 3.8) is 0 Å². The minimum absolute atomic E-state index is 0.0710. The quantitative estimate of drug-likeness (QED) is 0.563. The Morgan fingerprint density at radius 3 is 2.28 bits per heavy atom. The molecule has 25 heavy (non-hydrogen) atoms. The van der Waals surface area contributed by atoms with Crippen LogP contribution in [0.2, 0.25) is 5.02 Å². The lowest BCUT2D eigenvalue weighted by Gasteiger charge is -2.18. The Bertz CT molecular complexity index is 692. The number of rotatable bonds is 8. The van der Waals surface area contributed by atoms with E-state index >= 15 is 0 Å². The first-order valence-electron chi connectivity index (χ1n) is 8.67. The van der Waals surface area contributed by atoms with Gasteiger partial charge in [-0.1, -0.05) is 67.9 Å². The largest absolute Gasteiger partial charge is 0.351 e. The summed E-state index contributed by atoms with van der Waals surface area (Å²) in [6, 6.07) is 17.2. The summed E-state index contributed by atoms with van der Waals surface area (Å²) < 4.78 is 0. The smallest absolute Gasteiger partial charge is 0.251 e. The molecule has 0 atom stereocenters. The van der Waals surface area contributed by atoms with Crippen LogP contribution in [-0.2, 0) is 4.79 Å². The molecule has 4 heteroatoms. The van der Waals surface area contributed by atoms with E-state index in [4.69, 9.17) is 11.6 Å². The summed E-state index contributed by atoms with van der Waals surface area (Å²) in [6.07, 6.45) is 1.91. The Labute approximate surface area is 155 Å². The van der Waals surface area contributed by atoms with E-state index in [2.05, 4.69) is 24.1 Å². The maximum absolute atomic E-state index is 12.8. The molecular formula is C21H25ClN2O. The molecule has 0 bridgehead atoms. The molecule has 0 radical (unpaired) electrons. The van der Waals surface area contributed by atoms with Crippen LogP contribution in [0.3, 0.4) is 0 Å². The van der Waals surface area contributed by atoms with E-state index in [1.807, 2.05) is 48.5 Å². The zero-order chi connectivity index (χ0) is 18.1. The number of carbonyl (C=O) groups is 1. The second-order valence-corrected chi connectivity index (χ2v) is 6.19. The summed E-state index contributed by atoms with van der Waals surface area (Å²) in [5, 5.41) is 3.69. The average molecular weight is 357 g/mol. The predicted octanol–water partition coefficient (Wildman–Crippen LogP) is 4.34. The molecule has 0 spiro atoms. The van der Waals surface area contributed by atoms with Crippen molar-refractivity contribution in [1.29, 1.82) is 0 Å². The van der Waals surface area contributed by atoms with Crippen molar-refractivity contribution in [3.8, 4) is 0 Å². The molecule has 0 fully saturated rings. The summed E-state index contributed by atoms with van der Waals surface area (Å²) in [7, 11) is 0. The molecule has 0 aromatic heterocycles. The highest BCUT2D eigenvalue weighted by Crippen LogP contribution is 2.20. The average Bonchev–Trinajstić information content (AvgIpc) is 2.65. The molecule has 0 aliphatic rings. The summed E-state index contributed by atoms with van der Waals surface area (Å²) in [6.45, 7) is 7.68. The third kappa shape index (κ3) is 6.04. The van der Waals surface area contributed by atoms with Crippen LogP contribution in [0.5, 0.6) is 0 Å². The molecular weight excluding hydrogens is 332 g/mol. The first-order valence-corrected chi connectivity index (χ1v) is 9.05. The zero-order valence-electron chi connectivity index (χ0n) is 14.8.